The van der Waals surface area contributed by atoms with Gasteiger partial charge in [0.05, 0.1) is 12.0 Å². The van der Waals surface area contributed by atoms with Crippen molar-refractivity contribution in [2.24, 2.45) is 0 Å². The summed E-state index contributed by atoms with van der Waals surface area (Å²) >= 11 is 2.31. The molecule has 0 radical (unpaired) electrons. The van der Waals surface area contributed by atoms with Gasteiger partial charge in [0, 0.05) is 3.57 Å². The van der Waals surface area contributed by atoms with Crippen molar-refractivity contribution in [1.29, 1.82) is 0 Å². The van der Waals surface area contributed by atoms with Crippen LogP contribution in [0.2, 0.25) is 0 Å². The third kappa shape index (κ3) is 6.12. The Balaban J connectivity index is 0.000000197. The highest BCUT2D eigenvalue weighted by molar-refractivity contribution is 14.1. The molecule has 0 aliphatic rings. The molecule has 0 heterocycles. The molecule has 6 heteroatoms. The quantitative estimate of drug-likeness (QED) is 0.412. The molecule has 3 aromatic carbocycles. The lowest BCUT2D eigenvalue weighted by Gasteiger charge is -2.03. The Morgan fingerprint density at radius 1 is 0.808 bits per heavy atom. The number of halogens is 1. The third-order valence-corrected chi connectivity index (χ3v) is 5.17. The zero-order chi connectivity index (χ0) is 19.2. The van der Waals surface area contributed by atoms with Crippen LogP contribution in [0.4, 0.5) is 0 Å². The van der Waals surface area contributed by atoms with Crippen LogP contribution in [0, 0.1) is 10.5 Å². The summed E-state index contributed by atoms with van der Waals surface area (Å²) in [6.45, 7) is 1.84. The summed E-state index contributed by atoms with van der Waals surface area (Å²) in [5.41, 5.74) is 3.41. The first-order valence-corrected chi connectivity index (χ1v) is 10.3. The van der Waals surface area contributed by atoms with Crippen LogP contribution in [0.25, 0.3) is 11.1 Å². The van der Waals surface area contributed by atoms with E-state index in [1.165, 1.54) is 26.8 Å². The SMILES string of the molecule is COc1ccc(-c2ccc(I)cc2)cc1.Cc1ccc(S(=O)(=O)O)cc1. The van der Waals surface area contributed by atoms with Crippen molar-refractivity contribution >= 4 is 32.7 Å². The molecule has 0 spiro atoms. The van der Waals surface area contributed by atoms with Gasteiger partial charge in [0.2, 0.25) is 0 Å². The van der Waals surface area contributed by atoms with E-state index in [4.69, 9.17) is 9.29 Å². The number of rotatable bonds is 3. The molecule has 3 rings (SSSR count). The van der Waals surface area contributed by atoms with Crippen LogP contribution in [-0.4, -0.2) is 20.1 Å². The smallest absolute Gasteiger partial charge is 0.294 e. The molecule has 0 amide bonds. The van der Waals surface area contributed by atoms with Crippen molar-refractivity contribution in [3.05, 3.63) is 81.9 Å². The topological polar surface area (TPSA) is 63.6 Å². The van der Waals surface area contributed by atoms with Crippen LogP contribution in [0.3, 0.4) is 0 Å². The zero-order valence-electron chi connectivity index (χ0n) is 14.4. The summed E-state index contributed by atoms with van der Waals surface area (Å²) in [5.74, 6) is 0.893. The van der Waals surface area contributed by atoms with E-state index in [1.807, 2.05) is 19.1 Å². The van der Waals surface area contributed by atoms with E-state index < -0.39 is 10.1 Å². The van der Waals surface area contributed by atoms with Gasteiger partial charge in [-0.1, -0.05) is 42.0 Å². The minimum Gasteiger partial charge on any atom is -0.497 e. The molecule has 0 fully saturated rings. The summed E-state index contributed by atoms with van der Waals surface area (Å²) in [6, 6.07) is 22.6. The highest BCUT2D eigenvalue weighted by Crippen LogP contribution is 2.22. The van der Waals surface area contributed by atoms with E-state index >= 15 is 0 Å². The van der Waals surface area contributed by atoms with Gasteiger partial charge in [0.15, 0.2) is 0 Å². The number of aryl methyl sites for hydroxylation is 1. The fourth-order valence-electron chi connectivity index (χ4n) is 2.14. The minimum atomic E-state index is -4.02. The maximum absolute atomic E-state index is 10.5. The molecule has 4 nitrogen and oxygen atoms in total. The van der Waals surface area contributed by atoms with Gasteiger partial charge in [-0.25, -0.2) is 0 Å². The Morgan fingerprint density at radius 3 is 1.69 bits per heavy atom. The molecule has 136 valence electrons. The summed E-state index contributed by atoms with van der Waals surface area (Å²) < 4.78 is 35.9. The van der Waals surface area contributed by atoms with Crippen LogP contribution in [0.1, 0.15) is 5.56 Å². The largest absolute Gasteiger partial charge is 0.497 e. The van der Waals surface area contributed by atoms with Gasteiger partial charge in [-0.15, -0.1) is 0 Å². The number of benzene rings is 3. The molecule has 0 aliphatic carbocycles. The Hall–Kier alpha value is -1.90. The Kier molecular flexibility index (Phi) is 7.19. The van der Waals surface area contributed by atoms with Gasteiger partial charge in [-0.3, -0.25) is 4.55 Å². The molecule has 0 saturated heterocycles. The summed E-state index contributed by atoms with van der Waals surface area (Å²) in [7, 11) is -2.34. The standard InChI is InChI=1S/C13H11IO.C7H8O3S/c1-15-13-8-4-11(5-9-13)10-2-6-12(14)7-3-10;1-6-2-4-7(5-3-6)11(8,9)10/h2-9H,1H3;2-5H,1H3,(H,8,9,10). The fourth-order valence-corrected chi connectivity index (χ4v) is 2.98. The van der Waals surface area contributed by atoms with E-state index in [0.29, 0.717) is 0 Å². The molecule has 0 atom stereocenters. The predicted molar refractivity (Wildman–Crippen MR) is 112 cm³/mol. The van der Waals surface area contributed by atoms with Crippen molar-refractivity contribution in [3.63, 3.8) is 0 Å². The lowest BCUT2D eigenvalue weighted by atomic mass is 10.1. The first-order chi connectivity index (χ1) is 12.3. The van der Waals surface area contributed by atoms with Crippen LogP contribution in [0.5, 0.6) is 5.75 Å². The van der Waals surface area contributed by atoms with E-state index in [-0.39, 0.29) is 4.90 Å². The van der Waals surface area contributed by atoms with Crippen LogP contribution in [-0.2, 0) is 10.1 Å². The number of hydrogen-bond acceptors (Lipinski definition) is 3. The van der Waals surface area contributed by atoms with Crippen LogP contribution < -0.4 is 4.74 Å². The summed E-state index contributed by atoms with van der Waals surface area (Å²) in [4.78, 5) is -0.0666. The van der Waals surface area contributed by atoms with Gasteiger partial charge in [0.25, 0.3) is 10.1 Å². The van der Waals surface area contributed by atoms with Crippen molar-refractivity contribution in [1.82, 2.24) is 0 Å². The van der Waals surface area contributed by atoms with Gasteiger partial charge < -0.3 is 4.74 Å². The highest BCUT2D eigenvalue weighted by Gasteiger charge is 2.06. The van der Waals surface area contributed by atoms with Crippen molar-refractivity contribution in [2.75, 3.05) is 7.11 Å². The van der Waals surface area contributed by atoms with Gasteiger partial charge in [-0.05, 0) is 77.0 Å². The second-order valence-corrected chi connectivity index (χ2v) is 8.19. The monoisotopic (exact) mass is 482 g/mol. The molecular formula is C20H19IO4S. The first kappa shape index (κ1) is 20.4. The van der Waals surface area contributed by atoms with Gasteiger partial charge in [-0.2, -0.15) is 8.42 Å². The molecule has 26 heavy (non-hydrogen) atoms. The molecule has 0 unspecified atom stereocenters. The van der Waals surface area contributed by atoms with Crippen molar-refractivity contribution < 1.29 is 17.7 Å². The average molecular weight is 482 g/mol. The maximum atomic E-state index is 10.5. The van der Waals surface area contributed by atoms with Gasteiger partial charge >= 0.3 is 0 Å². The van der Waals surface area contributed by atoms with Crippen molar-refractivity contribution in [3.8, 4) is 16.9 Å². The highest BCUT2D eigenvalue weighted by atomic mass is 127. The van der Waals surface area contributed by atoms with E-state index in [0.717, 1.165) is 11.3 Å². The Morgan fingerprint density at radius 2 is 1.27 bits per heavy atom. The van der Waals surface area contributed by atoms with E-state index in [2.05, 4.69) is 59.0 Å². The number of ether oxygens (including phenoxy) is 1. The minimum absolute atomic E-state index is 0.0666. The molecule has 0 bridgehead atoms. The Labute approximate surface area is 167 Å². The molecule has 0 saturated carbocycles. The second-order valence-electron chi connectivity index (χ2n) is 5.52. The average Bonchev–Trinajstić information content (AvgIpc) is 2.63. The van der Waals surface area contributed by atoms with Crippen LogP contribution in [0.15, 0.2) is 77.7 Å². The zero-order valence-corrected chi connectivity index (χ0v) is 17.4. The first-order valence-electron chi connectivity index (χ1n) is 7.74. The number of methoxy groups -OCH3 is 1. The third-order valence-electron chi connectivity index (χ3n) is 3.59. The number of hydrogen-bond donors (Lipinski definition) is 1. The summed E-state index contributed by atoms with van der Waals surface area (Å²) in [6.07, 6.45) is 0. The molecular weight excluding hydrogens is 463 g/mol. The molecule has 0 aliphatic heterocycles. The maximum Gasteiger partial charge on any atom is 0.294 e. The van der Waals surface area contributed by atoms with E-state index in [9.17, 15) is 8.42 Å². The van der Waals surface area contributed by atoms with E-state index in [1.54, 1.807) is 19.2 Å². The normalized spacial score (nSPS) is 10.6. The fraction of sp³-hybridized carbons (Fsp3) is 0.100. The van der Waals surface area contributed by atoms with Crippen molar-refractivity contribution in [2.45, 2.75) is 11.8 Å². The molecule has 3 aromatic rings. The lowest BCUT2D eigenvalue weighted by molar-refractivity contribution is 0.415. The predicted octanol–water partition coefficient (Wildman–Crippen LogP) is 5.21. The molecule has 0 aromatic heterocycles. The Bertz CT molecular complexity index is 933. The second kappa shape index (κ2) is 9.16. The summed E-state index contributed by atoms with van der Waals surface area (Å²) in [5, 5.41) is 0. The molecule has 1 N–H and O–H groups in total. The lowest BCUT2D eigenvalue weighted by Crippen LogP contribution is -1.96. The van der Waals surface area contributed by atoms with Crippen LogP contribution >= 0.6 is 22.6 Å². The van der Waals surface area contributed by atoms with Gasteiger partial charge in [0.1, 0.15) is 5.75 Å².